The number of thiophene rings is 2. The van der Waals surface area contributed by atoms with Crippen molar-refractivity contribution in [2.24, 2.45) is 0 Å². The van der Waals surface area contributed by atoms with Gasteiger partial charge in [-0.3, -0.25) is 9.59 Å². The van der Waals surface area contributed by atoms with E-state index in [1.54, 1.807) is 11.3 Å². The number of hydrogen-bond acceptors (Lipinski definition) is 8. The van der Waals surface area contributed by atoms with Gasteiger partial charge in [0.1, 0.15) is 0 Å². The molecule has 3 aromatic rings. The number of carbonyl (C=O) groups is 2. The number of methoxy groups -OCH3 is 1. The molecule has 7 nitrogen and oxygen atoms in total. The summed E-state index contributed by atoms with van der Waals surface area (Å²) in [6.07, 6.45) is 1.51. The maximum atomic E-state index is 12.3. The first-order valence-electron chi connectivity index (χ1n) is 8.41. The molecule has 3 rings (SSSR count). The molecule has 9 heteroatoms. The van der Waals surface area contributed by atoms with Crippen LogP contribution in [0, 0.1) is 0 Å². The van der Waals surface area contributed by atoms with Gasteiger partial charge in [0.25, 0.3) is 0 Å². The summed E-state index contributed by atoms with van der Waals surface area (Å²) in [6, 6.07) is 7.26. The highest BCUT2D eigenvalue weighted by Crippen LogP contribution is 2.23. The molecule has 0 aromatic carbocycles. The third kappa shape index (κ3) is 5.48. The fourth-order valence-electron chi connectivity index (χ4n) is 2.49. The first-order valence-corrected chi connectivity index (χ1v) is 10.2. The normalized spacial score (nSPS) is 11.9. The smallest absolute Gasteiger partial charge is 0.307 e. The van der Waals surface area contributed by atoms with Gasteiger partial charge in [0.05, 0.1) is 24.4 Å². The van der Waals surface area contributed by atoms with E-state index in [9.17, 15) is 9.59 Å². The summed E-state index contributed by atoms with van der Waals surface area (Å²) in [5, 5.41) is 10.7. The minimum Gasteiger partial charge on any atom is -0.469 e. The largest absolute Gasteiger partial charge is 0.469 e. The zero-order valence-electron chi connectivity index (χ0n) is 14.7. The van der Waals surface area contributed by atoms with Crippen molar-refractivity contribution in [1.82, 2.24) is 15.5 Å². The molecule has 142 valence electrons. The van der Waals surface area contributed by atoms with Gasteiger partial charge in [0.2, 0.25) is 17.6 Å². The van der Waals surface area contributed by atoms with Gasteiger partial charge in [0, 0.05) is 17.7 Å². The minimum absolute atomic E-state index is 0.108. The second-order valence-electron chi connectivity index (χ2n) is 5.76. The highest BCUT2D eigenvalue weighted by Gasteiger charge is 2.20. The molecule has 0 aliphatic carbocycles. The zero-order valence-corrected chi connectivity index (χ0v) is 16.3. The average molecular weight is 406 g/mol. The zero-order chi connectivity index (χ0) is 19.1. The minimum atomic E-state index is -0.376. The lowest BCUT2D eigenvalue weighted by molar-refractivity contribution is -0.141. The number of esters is 1. The van der Waals surface area contributed by atoms with Crippen molar-refractivity contribution in [2.75, 3.05) is 7.11 Å². The van der Waals surface area contributed by atoms with E-state index < -0.39 is 0 Å². The summed E-state index contributed by atoms with van der Waals surface area (Å²) in [5.41, 5.74) is 0. The number of hydrogen-bond donors (Lipinski definition) is 1. The number of ether oxygens (including phenoxy) is 1. The number of nitrogens with zero attached hydrogens (tertiary/aromatic N) is 2. The summed E-state index contributed by atoms with van der Waals surface area (Å²) >= 11 is 3.04. The Hall–Kier alpha value is -2.52. The number of amides is 1. The molecule has 0 radical (unpaired) electrons. The van der Waals surface area contributed by atoms with Crippen LogP contribution in [0.5, 0.6) is 0 Å². The second kappa shape index (κ2) is 9.43. The average Bonchev–Trinajstić information content (AvgIpc) is 3.42. The summed E-state index contributed by atoms with van der Waals surface area (Å²) in [5.74, 6) is 0.590. The number of rotatable bonds is 9. The highest BCUT2D eigenvalue weighted by atomic mass is 32.1. The Morgan fingerprint density at radius 3 is 2.78 bits per heavy atom. The third-order valence-corrected chi connectivity index (χ3v) is 5.68. The number of aryl methyl sites for hydroxylation is 1. The van der Waals surface area contributed by atoms with Gasteiger partial charge in [0.15, 0.2) is 0 Å². The molecule has 1 unspecified atom stereocenters. The number of carbonyl (C=O) groups excluding carboxylic acids is 2. The SMILES string of the molecule is COC(=O)CC(NC(=O)CCCc1nc(-c2cccs2)no1)c1cccs1. The van der Waals surface area contributed by atoms with Gasteiger partial charge < -0.3 is 14.6 Å². The Balaban J connectivity index is 1.49. The second-order valence-corrected chi connectivity index (χ2v) is 7.69. The van der Waals surface area contributed by atoms with E-state index in [2.05, 4.69) is 15.5 Å². The van der Waals surface area contributed by atoms with Crippen molar-refractivity contribution in [1.29, 1.82) is 0 Å². The molecule has 0 saturated heterocycles. The predicted molar refractivity (Wildman–Crippen MR) is 102 cm³/mol. The molecule has 0 aliphatic rings. The van der Waals surface area contributed by atoms with Crippen molar-refractivity contribution in [3.63, 3.8) is 0 Å². The molecule has 1 N–H and O–H groups in total. The van der Waals surface area contributed by atoms with E-state index >= 15 is 0 Å². The maximum absolute atomic E-state index is 12.3. The quantitative estimate of drug-likeness (QED) is 0.547. The monoisotopic (exact) mass is 405 g/mol. The first-order chi connectivity index (χ1) is 13.2. The van der Waals surface area contributed by atoms with Gasteiger partial charge in [-0.25, -0.2) is 0 Å². The van der Waals surface area contributed by atoms with E-state index in [0.29, 0.717) is 31.0 Å². The summed E-state index contributed by atoms with van der Waals surface area (Å²) in [4.78, 5) is 30.1. The summed E-state index contributed by atoms with van der Waals surface area (Å²) in [6.45, 7) is 0. The summed E-state index contributed by atoms with van der Waals surface area (Å²) in [7, 11) is 1.34. The molecule has 0 fully saturated rings. The van der Waals surface area contributed by atoms with E-state index in [1.807, 2.05) is 35.0 Å². The van der Waals surface area contributed by atoms with Gasteiger partial charge in [-0.05, 0) is 29.3 Å². The Morgan fingerprint density at radius 2 is 2.07 bits per heavy atom. The molecule has 0 bridgehead atoms. The Bertz CT molecular complexity index is 859. The van der Waals surface area contributed by atoms with Crippen molar-refractivity contribution >= 4 is 34.6 Å². The molecule has 27 heavy (non-hydrogen) atoms. The third-order valence-electron chi connectivity index (χ3n) is 3.82. The molecule has 1 atom stereocenters. The Labute approximate surface area is 164 Å². The number of nitrogens with one attached hydrogen (secondary N) is 1. The van der Waals surface area contributed by atoms with Crippen LogP contribution >= 0.6 is 22.7 Å². The fraction of sp³-hybridized carbons (Fsp3) is 0.333. The van der Waals surface area contributed by atoms with Gasteiger partial charge in [-0.1, -0.05) is 17.3 Å². The van der Waals surface area contributed by atoms with Crippen LogP contribution in [0.4, 0.5) is 0 Å². The van der Waals surface area contributed by atoms with Crippen LogP contribution < -0.4 is 5.32 Å². The molecule has 1 amide bonds. The Kier molecular flexibility index (Phi) is 6.72. The van der Waals surface area contributed by atoms with Crippen molar-refractivity contribution in [2.45, 2.75) is 31.7 Å². The van der Waals surface area contributed by atoms with Crippen LogP contribution in [0.25, 0.3) is 10.7 Å². The lowest BCUT2D eigenvalue weighted by atomic mass is 10.1. The lowest BCUT2D eigenvalue weighted by Crippen LogP contribution is -2.29. The van der Waals surface area contributed by atoms with Gasteiger partial charge in [-0.15, -0.1) is 22.7 Å². The van der Waals surface area contributed by atoms with E-state index in [1.165, 1.54) is 18.4 Å². The molecular weight excluding hydrogens is 386 g/mol. The van der Waals surface area contributed by atoms with E-state index in [4.69, 9.17) is 9.26 Å². The predicted octanol–water partition coefficient (Wildman–Crippen LogP) is 3.60. The van der Waals surface area contributed by atoms with Gasteiger partial charge in [-0.2, -0.15) is 4.98 Å². The molecular formula is C18H19N3O4S2. The molecule has 0 saturated carbocycles. The Morgan fingerprint density at radius 1 is 1.26 bits per heavy atom. The molecule has 0 aliphatic heterocycles. The van der Waals surface area contributed by atoms with Crippen LogP contribution in [0.1, 0.15) is 36.1 Å². The van der Waals surface area contributed by atoms with Crippen LogP contribution in [0.3, 0.4) is 0 Å². The molecule has 0 spiro atoms. The van der Waals surface area contributed by atoms with Crippen LogP contribution in [0.2, 0.25) is 0 Å². The van der Waals surface area contributed by atoms with Crippen LogP contribution in [-0.4, -0.2) is 29.1 Å². The topological polar surface area (TPSA) is 94.3 Å². The van der Waals surface area contributed by atoms with E-state index in [0.717, 1.165) is 9.75 Å². The first kappa shape index (κ1) is 19.2. The fourth-order valence-corrected chi connectivity index (χ4v) is 3.92. The van der Waals surface area contributed by atoms with Gasteiger partial charge >= 0.3 is 5.97 Å². The van der Waals surface area contributed by atoms with Crippen molar-refractivity contribution < 1.29 is 18.8 Å². The molecule has 3 aromatic heterocycles. The summed E-state index contributed by atoms with van der Waals surface area (Å²) < 4.78 is 9.95. The van der Waals surface area contributed by atoms with Crippen LogP contribution in [0.15, 0.2) is 39.5 Å². The number of aromatic nitrogens is 2. The molecule has 3 heterocycles. The van der Waals surface area contributed by atoms with Crippen molar-refractivity contribution in [3.8, 4) is 10.7 Å². The van der Waals surface area contributed by atoms with Crippen molar-refractivity contribution in [3.05, 3.63) is 45.8 Å². The van der Waals surface area contributed by atoms with E-state index in [-0.39, 0.29) is 24.3 Å². The highest BCUT2D eigenvalue weighted by molar-refractivity contribution is 7.13. The standard InChI is InChI=1S/C18H19N3O4S2/c1-24-17(23)11-12(13-5-3-9-26-13)19-15(22)7-2-8-16-20-18(21-25-16)14-6-4-10-27-14/h3-6,9-10,12H,2,7-8,11H2,1H3,(H,19,22). The lowest BCUT2D eigenvalue weighted by Gasteiger charge is -2.16. The maximum Gasteiger partial charge on any atom is 0.307 e. The van der Waals surface area contributed by atoms with Crippen LogP contribution in [-0.2, 0) is 20.7 Å².